The van der Waals surface area contributed by atoms with Crippen molar-refractivity contribution >= 4 is 0 Å². The molecule has 2 rings (SSSR count). The number of nitrogens with zero attached hydrogens (tertiary/aromatic N) is 1. The lowest BCUT2D eigenvalue weighted by Gasteiger charge is -2.43. The largest absolute Gasteiger partial charge is 0.314 e. The summed E-state index contributed by atoms with van der Waals surface area (Å²) >= 11 is 0. The zero-order valence-electron chi connectivity index (χ0n) is 12.8. The maximum absolute atomic E-state index is 3.73. The summed E-state index contributed by atoms with van der Waals surface area (Å²) in [5, 5.41) is 3.73. The van der Waals surface area contributed by atoms with Crippen LogP contribution in [0.4, 0.5) is 0 Å². The molecule has 3 atom stereocenters. The van der Waals surface area contributed by atoms with E-state index in [4.69, 9.17) is 0 Å². The molecular weight excluding hydrogens is 220 g/mol. The summed E-state index contributed by atoms with van der Waals surface area (Å²) in [6.07, 6.45) is 6.96. The Morgan fingerprint density at radius 1 is 1.28 bits per heavy atom. The highest BCUT2D eigenvalue weighted by Gasteiger charge is 2.36. The van der Waals surface area contributed by atoms with Crippen LogP contribution in [0, 0.1) is 11.3 Å². The summed E-state index contributed by atoms with van der Waals surface area (Å²) in [5.41, 5.74) is 0.555. The number of rotatable bonds is 4. The molecule has 0 spiro atoms. The first-order valence-electron chi connectivity index (χ1n) is 7.99. The van der Waals surface area contributed by atoms with Crippen molar-refractivity contribution < 1.29 is 0 Å². The van der Waals surface area contributed by atoms with Gasteiger partial charge in [-0.3, -0.25) is 0 Å². The van der Waals surface area contributed by atoms with Crippen molar-refractivity contribution in [2.75, 3.05) is 19.6 Å². The zero-order chi connectivity index (χ0) is 13.2. The van der Waals surface area contributed by atoms with Crippen molar-refractivity contribution in [2.24, 2.45) is 11.3 Å². The van der Waals surface area contributed by atoms with E-state index in [2.05, 4.69) is 37.9 Å². The molecule has 0 aromatic heterocycles. The Labute approximate surface area is 114 Å². The predicted molar refractivity (Wildman–Crippen MR) is 78.9 cm³/mol. The van der Waals surface area contributed by atoms with E-state index in [-0.39, 0.29) is 0 Å². The third-order valence-corrected chi connectivity index (χ3v) is 5.14. The SMILES string of the molecule is CCNC1CCC(C)(C)CC1CN1CCCC1C. The minimum absolute atomic E-state index is 0.555. The van der Waals surface area contributed by atoms with Crippen LogP contribution in [0.15, 0.2) is 0 Å². The van der Waals surface area contributed by atoms with Crippen molar-refractivity contribution in [3.63, 3.8) is 0 Å². The summed E-state index contributed by atoms with van der Waals surface area (Å²) in [6.45, 7) is 13.3. The van der Waals surface area contributed by atoms with E-state index in [9.17, 15) is 0 Å². The van der Waals surface area contributed by atoms with Crippen LogP contribution in [-0.4, -0.2) is 36.6 Å². The average Bonchev–Trinajstić information content (AvgIpc) is 2.68. The molecule has 2 heteroatoms. The smallest absolute Gasteiger partial charge is 0.0108 e. The Bertz CT molecular complexity index is 262. The molecule has 1 saturated heterocycles. The standard InChI is InChI=1S/C16H32N2/c1-5-17-15-8-9-16(3,4)11-14(15)12-18-10-6-7-13(18)2/h13-15,17H,5-12H2,1-4H3. The highest BCUT2D eigenvalue weighted by Crippen LogP contribution is 2.39. The van der Waals surface area contributed by atoms with Crippen LogP contribution in [0.3, 0.4) is 0 Å². The van der Waals surface area contributed by atoms with Gasteiger partial charge in [0.25, 0.3) is 0 Å². The first kappa shape index (κ1) is 14.3. The first-order chi connectivity index (χ1) is 8.52. The average molecular weight is 252 g/mol. The molecule has 2 fully saturated rings. The van der Waals surface area contributed by atoms with E-state index in [0.717, 1.165) is 24.5 Å². The molecule has 1 aliphatic carbocycles. The van der Waals surface area contributed by atoms with Gasteiger partial charge in [0.1, 0.15) is 0 Å². The molecular formula is C16H32N2. The van der Waals surface area contributed by atoms with Gasteiger partial charge < -0.3 is 10.2 Å². The predicted octanol–water partition coefficient (Wildman–Crippen LogP) is 3.28. The lowest BCUT2D eigenvalue weighted by atomic mass is 9.69. The molecule has 106 valence electrons. The maximum atomic E-state index is 3.73. The van der Waals surface area contributed by atoms with Gasteiger partial charge in [0.15, 0.2) is 0 Å². The fourth-order valence-corrected chi connectivity index (χ4v) is 4.02. The van der Waals surface area contributed by atoms with Gasteiger partial charge in [-0.15, -0.1) is 0 Å². The van der Waals surface area contributed by atoms with Crippen LogP contribution in [0.5, 0.6) is 0 Å². The van der Waals surface area contributed by atoms with E-state index in [1.54, 1.807) is 0 Å². The lowest BCUT2D eigenvalue weighted by molar-refractivity contribution is 0.0983. The molecule has 1 N–H and O–H groups in total. The van der Waals surface area contributed by atoms with Crippen molar-refractivity contribution in [1.82, 2.24) is 10.2 Å². The topological polar surface area (TPSA) is 15.3 Å². The van der Waals surface area contributed by atoms with E-state index < -0.39 is 0 Å². The number of hydrogen-bond donors (Lipinski definition) is 1. The summed E-state index contributed by atoms with van der Waals surface area (Å²) in [7, 11) is 0. The summed E-state index contributed by atoms with van der Waals surface area (Å²) in [4.78, 5) is 2.73. The molecule has 1 saturated carbocycles. The van der Waals surface area contributed by atoms with Gasteiger partial charge in [0.05, 0.1) is 0 Å². The number of nitrogens with one attached hydrogen (secondary N) is 1. The van der Waals surface area contributed by atoms with E-state index in [1.165, 1.54) is 45.2 Å². The fraction of sp³-hybridized carbons (Fsp3) is 1.00. The van der Waals surface area contributed by atoms with Crippen LogP contribution in [0.1, 0.15) is 59.8 Å². The Hall–Kier alpha value is -0.0800. The monoisotopic (exact) mass is 252 g/mol. The second-order valence-electron chi connectivity index (χ2n) is 7.32. The van der Waals surface area contributed by atoms with Gasteiger partial charge in [-0.25, -0.2) is 0 Å². The molecule has 18 heavy (non-hydrogen) atoms. The van der Waals surface area contributed by atoms with Crippen LogP contribution < -0.4 is 5.32 Å². The maximum Gasteiger partial charge on any atom is 0.0108 e. The Kier molecular flexibility index (Phi) is 4.71. The highest BCUT2D eigenvalue weighted by molar-refractivity contribution is 4.91. The molecule has 1 aliphatic heterocycles. The summed E-state index contributed by atoms with van der Waals surface area (Å²) < 4.78 is 0. The molecule has 0 amide bonds. The van der Waals surface area contributed by atoms with Gasteiger partial charge >= 0.3 is 0 Å². The van der Waals surface area contributed by atoms with Crippen molar-refractivity contribution in [1.29, 1.82) is 0 Å². The minimum atomic E-state index is 0.555. The second kappa shape index (κ2) is 5.92. The molecule has 0 radical (unpaired) electrons. The summed E-state index contributed by atoms with van der Waals surface area (Å²) in [5.74, 6) is 0.856. The highest BCUT2D eigenvalue weighted by atomic mass is 15.2. The van der Waals surface area contributed by atoms with Gasteiger partial charge in [-0.05, 0) is 63.5 Å². The quantitative estimate of drug-likeness (QED) is 0.826. The second-order valence-corrected chi connectivity index (χ2v) is 7.32. The van der Waals surface area contributed by atoms with Gasteiger partial charge in [0.2, 0.25) is 0 Å². The fourth-order valence-electron chi connectivity index (χ4n) is 4.02. The van der Waals surface area contributed by atoms with Gasteiger partial charge in [-0.1, -0.05) is 20.8 Å². The van der Waals surface area contributed by atoms with Crippen molar-refractivity contribution in [3.05, 3.63) is 0 Å². The van der Waals surface area contributed by atoms with E-state index in [0.29, 0.717) is 5.41 Å². The Balaban J connectivity index is 1.96. The molecule has 2 nitrogen and oxygen atoms in total. The first-order valence-corrected chi connectivity index (χ1v) is 7.99. The molecule has 0 bridgehead atoms. The Morgan fingerprint density at radius 2 is 2.06 bits per heavy atom. The number of hydrogen-bond acceptors (Lipinski definition) is 2. The molecule has 0 aromatic rings. The van der Waals surface area contributed by atoms with Crippen LogP contribution in [0.2, 0.25) is 0 Å². The van der Waals surface area contributed by atoms with Crippen LogP contribution in [0.25, 0.3) is 0 Å². The molecule has 2 aliphatic rings. The third kappa shape index (κ3) is 3.48. The van der Waals surface area contributed by atoms with Crippen molar-refractivity contribution in [2.45, 2.75) is 71.9 Å². The van der Waals surface area contributed by atoms with Crippen molar-refractivity contribution in [3.8, 4) is 0 Å². The van der Waals surface area contributed by atoms with Crippen LogP contribution >= 0.6 is 0 Å². The minimum Gasteiger partial charge on any atom is -0.314 e. The van der Waals surface area contributed by atoms with Gasteiger partial charge in [0, 0.05) is 18.6 Å². The Morgan fingerprint density at radius 3 is 2.67 bits per heavy atom. The van der Waals surface area contributed by atoms with Gasteiger partial charge in [-0.2, -0.15) is 0 Å². The number of likely N-dealkylation sites (tertiary alicyclic amines) is 1. The van der Waals surface area contributed by atoms with E-state index in [1.807, 2.05) is 0 Å². The molecule has 0 aromatic carbocycles. The molecule has 3 unspecified atom stereocenters. The third-order valence-electron chi connectivity index (χ3n) is 5.14. The normalized spacial score (nSPS) is 37.0. The van der Waals surface area contributed by atoms with E-state index >= 15 is 0 Å². The zero-order valence-corrected chi connectivity index (χ0v) is 12.8. The van der Waals surface area contributed by atoms with Crippen LogP contribution in [-0.2, 0) is 0 Å². The molecule has 1 heterocycles. The lowest BCUT2D eigenvalue weighted by Crippen LogP contribution is -2.48. The summed E-state index contributed by atoms with van der Waals surface area (Å²) in [6, 6.07) is 1.58.